The van der Waals surface area contributed by atoms with Gasteiger partial charge in [-0.15, -0.1) is 0 Å². The van der Waals surface area contributed by atoms with Gasteiger partial charge in [-0.25, -0.2) is 0 Å². The van der Waals surface area contributed by atoms with Gasteiger partial charge in [0.2, 0.25) is 5.43 Å². The molecule has 0 atom stereocenters. The van der Waals surface area contributed by atoms with E-state index in [1.54, 1.807) is 38.3 Å². The summed E-state index contributed by atoms with van der Waals surface area (Å²) in [6, 6.07) is 8.53. The molecule has 0 aliphatic heterocycles. The van der Waals surface area contributed by atoms with Crippen LogP contribution in [0.1, 0.15) is 5.56 Å². The smallest absolute Gasteiger partial charge is 0.204 e. The van der Waals surface area contributed by atoms with E-state index < -0.39 is 0 Å². The Hall–Kier alpha value is -2.95. The van der Waals surface area contributed by atoms with E-state index in [0.717, 1.165) is 0 Å². The highest BCUT2D eigenvalue weighted by Gasteiger charge is 2.17. The standard InChI is InChI=1S/C18H16O5/c1-10-15(22-3)8-14(19)16-17(20)13(9-23-18(10)16)11-5-4-6-12(7-11)21-2/h4-9,19H,1-3H3. The summed E-state index contributed by atoms with van der Waals surface area (Å²) in [7, 11) is 3.06. The van der Waals surface area contributed by atoms with Gasteiger partial charge in [-0.05, 0) is 24.6 Å². The van der Waals surface area contributed by atoms with Gasteiger partial charge < -0.3 is 19.0 Å². The molecule has 23 heavy (non-hydrogen) atoms. The zero-order chi connectivity index (χ0) is 16.6. The third kappa shape index (κ3) is 2.40. The molecule has 0 fully saturated rings. The Bertz CT molecular complexity index is 940. The van der Waals surface area contributed by atoms with E-state index in [9.17, 15) is 9.90 Å². The van der Waals surface area contributed by atoms with Crippen molar-refractivity contribution in [2.75, 3.05) is 14.2 Å². The normalized spacial score (nSPS) is 10.7. The van der Waals surface area contributed by atoms with Crippen LogP contribution < -0.4 is 14.9 Å². The Kier molecular flexibility index (Phi) is 3.70. The number of fused-ring (bicyclic) bond motifs is 1. The Balaban J connectivity index is 2.31. The second kappa shape index (κ2) is 5.68. The lowest BCUT2D eigenvalue weighted by atomic mass is 10.0. The molecule has 3 rings (SSSR count). The molecule has 3 aromatic rings. The minimum atomic E-state index is -0.303. The lowest BCUT2D eigenvalue weighted by Gasteiger charge is -2.10. The first-order valence-electron chi connectivity index (χ1n) is 7.03. The van der Waals surface area contributed by atoms with Gasteiger partial charge in [0.15, 0.2) is 0 Å². The average molecular weight is 312 g/mol. The Morgan fingerprint density at radius 2 is 1.91 bits per heavy atom. The molecule has 0 saturated carbocycles. The van der Waals surface area contributed by atoms with Crippen molar-refractivity contribution in [2.24, 2.45) is 0 Å². The van der Waals surface area contributed by atoms with Crippen LogP contribution >= 0.6 is 0 Å². The van der Waals surface area contributed by atoms with Crippen molar-refractivity contribution in [1.29, 1.82) is 0 Å². The van der Waals surface area contributed by atoms with Crippen LogP contribution in [0.15, 0.2) is 45.8 Å². The van der Waals surface area contributed by atoms with Crippen LogP contribution in [0.25, 0.3) is 22.1 Å². The number of ether oxygens (including phenoxy) is 2. The molecule has 0 bridgehead atoms. The van der Waals surface area contributed by atoms with Crippen LogP contribution in [0.5, 0.6) is 17.2 Å². The molecule has 5 nitrogen and oxygen atoms in total. The fraction of sp³-hybridized carbons (Fsp3) is 0.167. The minimum absolute atomic E-state index is 0.142. The predicted octanol–water partition coefficient (Wildman–Crippen LogP) is 3.49. The molecule has 0 aliphatic rings. The maximum atomic E-state index is 12.8. The van der Waals surface area contributed by atoms with Crippen LogP contribution in [0, 0.1) is 6.92 Å². The summed E-state index contributed by atoms with van der Waals surface area (Å²) in [5.74, 6) is 0.936. The highest BCUT2D eigenvalue weighted by atomic mass is 16.5. The lowest BCUT2D eigenvalue weighted by molar-refractivity contribution is 0.404. The summed E-state index contributed by atoms with van der Waals surface area (Å²) < 4.78 is 16.0. The SMILES string of the molecule is COc1cccc(-c2coc3c(C)c(OC)cc(O)c3c2=O)c1. The van der Waals surface area contributed by atoms with E-state index in [-0.39, 0.29) is 16.6 Å². The number of aryl methyl sites for hydroxylation is 1. The third-order valence-electron chi connectivity index (χ3n) is 3.83. The fourth-order valence-electron chi connectivity index (χ4n) is 2.59. The first kappa shape index (κ1) is 15.0. The molecule has 0 amide bonds. The van der Waals surface area contributed by atoms with Crippen molar-refractivity contribution >= 4 is 11.0 Å². The first-order valence-corrected chi connectivity index (χ1v) is 7.03. The fourth-order valence-corrected chi connectivity index (χ4v) is 2.59. The molecule has 2 aromatic carbocycles. The molecule has 1 aromatic heterocycles. The zero-order valence-corrected chi connectivity index (χ0v) is 13.0. The number of methoxy groups -OCH3 is 2. The summed E-state index contributed by atoms with van der Waals surface area (Å²) in [5, 5.41) is 10.3. The average Bonchev–Trinajstić information content (AvgIpc) is 2.57. The maximum Gasteiger partial charge on any atom is 0.204 e. The lowest BCUT2D eigenvalue weighted by Crippen LogP contribution is -2.06. The van der Waals surface area contributed by atoms with Crippen LogP contribution in [0.2, 0.25) is 0 Å². The molecule has 5 heteroatoms. The van der Waals surface area contributed by atoms with E-state index in [2.05, 4.69) is 0 Å². The molecule has 0 unspecified atom stereocenters. The summed E-state index contributed by atoms with van der Waals surface area (Å²) in [6.45, 7) is 1.77. The van der Waals surface area contributed by atoms with E-state index >= 15 is 0 Å². The summed E-state index contributed by atoms with van der Waals surface area (Å²) in [4.78, 5) is 12.8. The van der Waals surface area contributed by atoms with Crippen molar-refractivity contribution in [1.82, 2.24) is 0 Å². The van der Waals surface area contributed by atoms with Crippen LogP contribution in [-0.4, -0.2) is 19.3 Å². The topological polar surface area (TPSA) is 68.9 Å². The molecule has 0 saturated heterocycles. The molecule has 0 aliphatic carbocycles. The summed E-state index contributed by atoms with van der Waals surface area (Å²) in [5.41, 5.74) is 1.69. The number of hydrogen-bond donors (Lipinski definition) is 1. The summed E-state index contributed by atoms with van der Waals surface area (Å²) in [6.07, 6.45) is 1.39. The van der Waals surface area contributed by atoms with Gasteiger partial charge in [0.05, 0.1) is 19.8 Å². The van der Waals surface area contributed by atoms with Crippen LogP contribution in [0.3, 0.4) is 0 Å². The number of hydrogen-bond acceptors (Lipinski definition) is 5. The quantitative estimate of drug-likeness (QED) is 0.801. The van der Waals surface area contributed by atoms with Crippen molar-refractivity contribution in [3.63, 3.8) is 0 Å². The predicted molar refractivity (Wildman–Crippen MR) is 87.4 cm³/mol. The molecule has 1 N–H and O–H groups in total. The van der Waals surface area contributed by atoms with Gasteiger partial charge in [0.25, 0.3) is 0 Å². The first-order chi connectivity index (χ1) is 11.1. The largest absolute Gasteiger partial charge is 0.507 e. The molecular weight excluding hydrogens is 296 g/mol. The Morgan fingerprint density at radius 3 is 2.61 bits per heavy atom. The van der Waals surface area contributed by atoms with Crippen molar-refractivity contribution in [3.05, 3.63) is 52.4 Å². The third-order valence-corrected chi connectivity index (χ3v) is 3.83. The van der Waals surface area contributed by atoms with E-state index in [4.69, 9.17) is 13.9 Å². The van der Waals surface area contributed by atoms with Gasteiger partial charge >= 0.3 is 0 Å². The number of phenols is 1. The summed E-state index contributed by atoms with van der Waals surface area (Å²) >= 11 is 0. The van der Waals surface area contributed by atoms with Gasteiger partial charge in [-0.2, -0.15) is 0 Å². The second-order valence-corrected chi connectivity index (χ2v) is 5.14. The van der Waals surface area contributed by atoms with Gasteiger partial charge in [-0.1, -0.05) is 12.1 Å². The van der Waals surface area contributed by atoms with E-state index in [1.807, 2.05) is 0 Å². The van der Waals surface area contributed by atoms with Gasteiger partial charge in [0, 0.05) is 11.6 Å². The molecular formula is C18H16O5. The molecule has 0 spiro atoms. The van der Waals surface area contributed by atoms with Crippen molar-refractivity contribution < 1.29 is 19.0 Å². The second-order valence-electron chi connectivity index (χ2n) is 5.14. The molecule has 0 radical (unpaired) electrons. The number of aromatic hydroxyl groups is 1. The highest BCUT2D eigenvalue weighted by Crippen LogP contribution is 2.34. The van der Waals surface area contributed by atoms with E-state index in [1.165, 1.54) is 19.4 Å². The van der Waals surface area contributed by atoms with Gasteiger partial charge in [0.1, 0.15) is 34.5 Å². The molecule has 118 valence electrons. The van der Waals surface area contributed by atoms with Crippen LogP contribution in [-0.2, 0) is 0 Å². The van der Waals surface area contributed by atoms with E-state index in [0.29, 0.717) is 33.8 Å². The maximum absolute atomic E-state index is 12.8. The number of rotatable bonds is 3. The number of benzene rings is 2. The Labute approximate surface area is 132 Å². The van der Waals surface area contributed by atoms with Crippen molar-refractivity contribution in [2.45, 2.75) is 6.92 Å². The Morgan fingerprint density at radius 1 is 1.13 bits per heavy atom. The van der Waals surface area contributed by atoms with Crippen molar-refractivity contribution in [3.8, 4) is 28.4 Å². The van der Waals surface area contributed by atoms with Gasteiger partial charge in [-0.3, -0.25) is 4.79 Å². The highest BCUT2D eigenvalue weighted by molar-refractivity contribution is 5.90. The minimum Gasteiger partial charge on any atom is -0.507 e. The monoisotopic (exact) mass is 312 g/mol. The number of phenolic OH excluding ortho intramolecular Hbond substituents is 1. The van der Waals surface area contributed by atoms with Crippen LogP contribution in [0.4, 0.5) is 0 Å². The zero-order valence-electron chi connectivity index (χ0n) is 13.0. The molecule has 1 heterocycles.